The van der Waals surface area contributed by atoms with Crippen LogP contribution in [0.25, 0.3) is 0 Å². The molecule has 0 radical (unpaired) electrons. The summed E-state index contributed by atoms with van der Waals surface area (Å²) in [6, 6.07) is 0. The van der Waals surface area contributed by atoms with Gasteiger partial charge >= 0.3 is 5.97 Å². The maximum absolute atomic E-state index is 10.7. The summed E-state index contributed by atoms with van der Waals surface area (Å²) in [6.07, 6.45) is 1.77. The van der Waals surface area contributed by atoms with Gasteiger partial charge in [0.15, 0.2) is 0 Å². The Hall–Kier alpha value is -0.530. The van der Waals surface area contributed by atoms with Gasteiger partial charge in [-0.2, -0.15) is 0 Å². The molecule has 10 heavy (non-hydrogen) atoms. The average molecular weight is 142 g/mol. The highest BCUT2D eigenvalue weighted by atomic mass is 16.5. The molecule has 0 N–H and O–H groups in total. The molecular weight excluding hydrogens is 128 g/mol. The fourth-order valence-corrected chi connectivity index (χ4v) is 1.21. The fraction of sp³-hybridized carbons (Fsp3) is 0.875. The Morgan fingerprint density at radius 2 is 2.20 bits per heavy atom. The molecule has 1 aliphatic carbocycles. The normalized spacial score (nSPS) is 27.7. The molecule has 0 saturated heterocycles. The van der Waals surface area contributed by atoms with Crippen molar-refractivity contribution in [1.29, 1.82) is 0 Å². The van der Waals surface area contributed by atoms with Crippen molar-refractivity contribution in [3.63, 3.8) is 0 Å². The van der Waals surface area contributed by atoms with E-state index >= 15 is 0 Å². The molecule has 0 aromatic rings. The van der Waals surface area contributed by atoms with Crippen molar-refractivity contribution in [3.8, 4) is 0 Å². The lowest BCUT2D eigenvalue weighted by Crippen LogP contribution is -2.03. The summed E-state index contributed by atoms with van der Waals surface area (Å²) in [7, 11) is 1.44. The van der Waals surface area contributed by atoms with Crippen molar-refractivity contribution in [2.24, 2.45) is 11.3 Å². The molecule has 0 amide bonds. The van der Waals surface area contributed by atoms with Gasteiger partial charge in [-0.1, -0.05) is 13.8 Å². The first-order valence-electron chi connectivity index (χ1n) is 3.63. The van der Waals surface area contributed by atoms with Gasteiger partial charge in [-0.3, -0.25) is 4.79 Å². The quantitative estimate of drug-likeness (QED) is 0.547. The van der Waals surface area contributed by atoms with Gasteiger partial charge in [0.1, 0.15) is 0 Å². The van der Waals surface area contributed by atoms with Crippen LogP contribution in [-0.2, 0) is 9.53 Å². The van der Waals surface area contributed by atoms with E-state index in [1.807, 2.05) is 0 Å². The van der Waals surface area contributed by atoms with Crippen molar-refractivity contribution >= 4 is 5.97 Å². The zero-order valence-corrected chi connectivity index (χ0v) is 6.81. The number of hydrogen-bond donors (Lipinski definition) is 0. The SMILES string of the molecule is COC(=O)CC1CC1(C)C. The summed E-state index contributed by atoms with van der Waals surface area (Å²) in [5.74, 6) is 0.496. The molecule has 0 aromatic heterocycles. The van der Waals surface area contributed by atoms with Crippen LogP contribution in [0.2, 0.25) is 0 Å². The van der Waals surface area contributed by atoms with Gasteiger partial charge in [-0.25, -0.2) is 0 Å². The number of methoxy groups -OCH3 is 1. The third-order valence-electron chi connectivity index (χ3n) is 2.36. The van der Waals surface area contributed by atoms with Gasteiger partial charge in [0.05, 0.1) is 7.11 Å². The Bertz CT molecular complexity index is 149. The monoisotopic (exact) mass is 142 g/mol. The highest BCUT2D eigenvalue weighted by Crippen LogP contribution is 2.53. The number of carbonyl (C=O) groups excluding carboxylic acids is 1. The van der Waals surface area contributed by atoms with Crippen LogP contribution in [0.4, 0.5) is 0 Å². The summed E-state index contributed by atoms with van der Waals surface area (Å²) >= 11 is 0. The van der Waals surface area contributed by atoms with E-state index in [1.165, 1.54) is 13.5 Å². The molecule has 0 spiro atoms. The number of hydrogen-bond acceptors (Lipinski definition) is 2. The maximum atomic E-state index is 10.7. The van der Waals surface area contributed by atoms with Crippen LogP contribution < -0.4 is 0 Å². The Kier molecular flexibility index (Phi) is 1.71. The van der Waals surface area contributed by atoms with E-state index in [4.69, 9.17) is 0 Å². The van der Waals surface area contributed by atoms with Crippen molar-refractivity contribution in [2.45, 2.75) is 26.7 Å². The van der Waals surface area contributed by atoms with E-state index in [9.17, 15) is 4.79 Å². The van der Waals surface area contributed by atoms with Crippen LogP contribution in [0.15, 0.2) is 0 Å². The van der Waals surface area contributed by atoms with Crippen LogP contribution in [0.5, 0.6) is 0 Å². The summed E-state index contributed by atoms with van der Waals surface area (Å²) in [5.41, 5.74) is 0.397. The first kappa shape index (κ1) is 7.58. The van der Waals surface area contributed by atoms with Crippen LogP contribution in [0, 0.1) is 11.3 Å². The fourth-order valence-electron chi connectivity index (χ4n) is 1.21. The van der Waals surface area contributed by atoms with Crippen molar-refractivity contribution in [1.82, 2.24) is 0 Å². The predicted molar refractivity (Wildman–Crippen MR) is 38.5 cm³/mol. The smallest absolute Gasteiger partial charge is 0.305 e. The van der Waals surface area contributed by atoms with E-state index in [2.05, 4.69) is 18.6 Å². The molecule has 0 aromatic carbocycles. The molecule has 2 heteroatoms. The number of esters is 1. The predicted octanol–water partition coefficient (Wildman–Crippen LogP) is 1.60. The Labute approximate surface area is 61.6 Å². The van der Waals surface area contributed by atoms with Crippen LogP contribution in [-0.4, -0.2) is 13.1 Å². The number of carbonyl (C=O) groups is 1. The zero-order valence-electron chi connectivity index (χ0n) is 6.81. The summed E-state index contributed by atoms with van der Waals surface area (Å²) in [6.45, 7) is 4.36. The molecule has 1 aliphatic rings. The first-order valence-corrected chi connectivity index (χ1v) is 3.63. The topological polar surface area (TPSA) is 26.3 Å². The van der Waals surface area contributed by atoms with E-state index in [0.29, 0.717) is 17.8 Å². The second-order valence-electron chi connectivity index (χ2n) is 3.67. The second kappa shape index (κ2) is 2.26. The summed E-state index contributed by atoms with van der Waals surface area (Å²) < 4.78 is 4.56. The third kappa shape index (κ3) is 1.49. The highest BCUT2D eigenvalue weighted by Gasteiger charge is 2.46. The minimum Gasteiger partial charge on any atom is -0.469 e. The van der Waals surface area contributed by atoms with Gasteiger partial charge in [-0.15, -0.1) is 0 Å². The lowest BCUT2D eigenvalue weighted by molar-refractivity contribution is -0.141. The summed E-state index contributed by atoms with van der Waals surface area (Å²) in [4.78, 5) is 10.7. The molecule has 1 rings (SSSR count). The average Bonchev–Trinajstić information content (AvgIpc) is 2.40. The van der Waals surface area contributed by atoms with Crippen molar-refractivity contribution < 1.29 is 9.53 Å². The van der Waals surface area contributed by atoms with Gasteiger partial charge in [0, 0.05) is 6.42 Å². The van der Waals surface area contributed by atoms with E-state index < -0.39 is 0 Å². The molecule has 1 unspecified atom stereocenters. The van der Waals surface area contributed by atoms with E-state index in [0.717, 1.165) is 0 Å². The zero-order chi connectivity index (χ0) is 7.78. The van der Waals surface area contributed by atoms with Crippen LogP contribution in [0.1, 0.15) is 26.7 Å². The number of rotatable bonds is 2. The van der Waals surface area contributed by atoms with E-state index in [1.54, 1.807) is 0 Å². The molecule has 1 atom stereocenters. The standard InChI is InChI=1S/C8H14O2/c1-8(2)5-6(8)4-7(9)10-3/h6H,4-5H2,1-3H3. The lowest BCUT2D eigenvalue weighted by atomic mass is 10.1. The molecule has 0 aliphatic heterocycles. The molecule has 1 fully saturated rings. The maximum Gasteiger partial charge on any atom is 0.305 e. The summed E-state index contributed by atoms with van der Waals surface area (Å²) in [5, 5.41) is 0. The minimum atomic E-state index is -0.0735. The van der Waals surface area contributed by atoms with Gasteiger partial charge in [0.25, 0.3) is 0 Å². The molecule has 0 heterocycles. The molecule has 58 valence electrons. The van der Waals surface area contributed by atoms with Gasteiger partial charge in [0.2, 0.25) is 0 Å². The largest absolute Gasteiger partial charge is 0.469 e. The van der Waals surface area contributed by atoms with Gasteiger partial charge < -0.3 is 4.74 Å². The van der Waals surface area contributed by atoms with Crippen molar-refractivity contribution in [3.05, 3.63) is 0 Å². The molecule has 0 bridgehead atoms. The second-order valence-corrected chi connectivity index (χ2v) is 3.67. The highest BCUT2D eigenvalue weighted by molar-refractivity contribution is 5.70. The first-order chi connectivity index (χ1) is 4.56. The Morgan fingerprint density at radius 1 is 1.70 bits per heavy atom. The molecule has 2 nitrogen and oxygen atoms in total. The van der Waals surface area contributed by atoms with Gasteiger partial charge in [-0.05, 0) is 17.8 Å². The molecule has 1 saturated carbocycles. The van der Waals surface area contributed by atoms with Crippen LogP contribution in [0.3, 0.4) is 0 Å². The number of ether oxygens (including phenoxy) is 1. The third-order valence-corrected chi connectivity index (χ3v) is 2.36. The Morgan fingerprint density at radius 3 is 2.50 bits per heavy atom. The van der Waals surface area contributed by atoms with Crippen LogP contribution >= 0.6 is 0 Å². The lowest BCUT2D eigenvalue weighted by Gasteiger charge is -2.00. The van der Waals surface area contributed by atoms with Crippen molar-refractivity contribution in [2.75, 3.05) is 7.11 Å². The molecular formula is C8H14O2. The minimum absolute atomic E-state index is 0.0735. The van der Waals surface area contributed by atoms with E-state index in [-0.39, 0.29) is 5.97 Å². The Balaban J connectivity index is 2.24.